The average Bonchev–Trinajstić information content (AvgIpc) is 2.62. The fourth-order valence-corrected chi connectivity index (χ4v) is 2.93. The summed E-state index contributed by atoms with van der Waals surface area (Å²) in [6, 6.07) is 19.0. The summed E-state index contributed by atoms with van der Waals surface area (Å²) in [5.74, 6) is 0.414. The van der Waals surface area contributed by atoms with Crippen molar-refractivity contribution in [3.05, 3.63) is 76.8 Å². The Hall–Kier alpha value is -2.32. The Bertz CT molecular complexity index is 881. The van der Waals surface area contributed by atoms with E-state index in [1.807, 2.05) is 48.5 Å². The zero-order valence-corrected chi connectivity index (χ0v) is 14.5. The highest BCUT2D eigenvalue weighted by molar-refractivity contribution is 6.32. The summed E-state index contributed by atoms with van der Waals surface area (Å²) < 4.78 is 5.54. The van der Waals surface area contributed by atoms with Crippen molar-refractivity contribution in [1.82, 2.24) is 0 Å². The SMILES string of the molecule is CCC(C)c1ccc(OC(=O)c2cccc3ccccc23)c(Cl)c1. The fraction of sp³-hybridized carbons (Fsp3) is 0.190. The van der Waals surface area contributed by atoms with Gasteiger partial charge < -0.3 is 4.74 Å². The molecule has 3 aromatic rings. The molecule has 3 aromatic carbocycles. The van der Waals surface area contributed by atoms with E-state index in [4.69, 9.17) is 16.3 Å². The Morgan fingerprint density at radius 1 is 1.08 bits per heavy atom. The smallest absolute Gasteiger partial charge is 0.344 e. The predicted molar refractivity (Wildman–Crippen MR) is 99.1 cm³/mol. The van der Waals surface area contributed by atoms with E-state index in [1.54, 1.807) is 12.1 Å². The zero-order chi connectivity index (χ0) is 17.1. The number of halogens is 1. The molecule has 122 valence electrons. The van der Waals surface area contributed by atoms with Gasteiger partial charge in [-0.25, -0.2) is 4.79 Å². The zero-order valence-electron chi connectivity index (χ0n) is 13.8. The van der Waals surface area contributed by atoms with Crippen LogP contribution in [0.3, 0.4) is 0 Å². The van der Waals surface area contributed by atoms with Crippen molar-refractivity contribution >= 4 is 28.3 Å². The third-order valence-corrected chi connectivity index (χ3v) is 4.64. The van der Waals surface area contributed by atoms with Gasteiger partial charge in [-0.1, -0.05) is 67.9 Å². The van der Waals surface area contributed by atoms with Crippen LogP contribution in [-0.4, -0.2) is 5.97 Å². The first-order valence-electron chi connectivity index (χ1n) is 8.09. The molecule has 0 N–H and O–H groups in total. The highest BCUT2D eigenvalue weighted by atomic mass is 35.5. The molecule has 0 aliphatic carbocycles. The molecule has 0 amide bonds. The first-order valence-corrected chi connectivity index (χ1v) is 8.47. The summed E-state index contributed by atoms with van der Waals surface area (Å²) in [6.45, 7) is 4.28. The quantitative estimate of drug-likeness (QED) is 0.416. The molecule has 0 heterocycles. The van der Waals surface area contributed by atoms with Gasteiger partial charge in [0.15, 0.2) is 0 Å². The van der Waals surface area contributed by atoms with E-state index in [2.05, 4.69) is 13.8 Å². The van der Waals surface area contributed by atoms with Gasteiger partial charge in [-0.3, -0.25) is 0 Å². The Kier molecular flexibility index (Phi) is 4.86. The molecule has 2 nitrogen and oxygen atoms in total. The monoisotopic (exact) mass is 338 g/mol. The van der Waals surface area contributed by atoms with Crippen LogP contribution in [0.4, 0.5) is 0 Å². The van der Waals surface area contributed by atoms with Gasteiger partial charge in [0.05, 0.1) is 10.6 Å². The second-order valence-electron chi connectivity index (χ2n) is 5.92. The summed E-state index contributed by atoms with van der Waals surface area (Å²) in [5, 5.41) is 2.34. The number of hydrogen-bond acceptors (Lipinski definition) is 2. The number of carbonyl (C=O) groups excluding carboxylic acids is 1. The van der Waals surface area contributed by atoms with Crippen molar-refractivity contribution in [3.63, 3.8) is 0 Å². The van der Waals surface area contributed by atoms with Crippen molar-refractivity contribution in [2.75, 3.05) is 0 Å². The van der Waals surface area contributed by atoms with E-state index in [0.29, 0.717) is 22.3 Å². The van der Waals surface area contributed by atoms with Crippen LogP contribution in [0.1, 0.15) is 42.1 Å². The number of benzene rings is 3. The van der Waals surface area contributed by atoms with Crippen molar-refractivity contribution in [3.8, 4) is 5.75 Å². The van der Waals surface area contributed by atoms with Gasteiger partial charge in [-0.05, 0) is 46.9 Å². The van der Waals surface area contributed by atoms with Crippen LogP contribution < -0.4 is 4.74 Å². The molecule has 0 aromatic heterocycles. The van der Waals surface area contributed by atoms with Crippen LogP contribution in [0.25, 0.3) is 10.8 Å². The Balaban J connectivity index is 1.89. The molecule has 0 radical (unpaired) electrons. The van der Waals surface area contributed by atoms with Gasteiger partial charge in [-0.15, -0.1) is 0 Å². The molecule has 24 heavy (non-hydrogen) atoms. The number of ether oxygens (including phenoxy) is 1. The van der Waals surface area contributed by atoms with Crippen LogP contribution in [0.15, 0.2) is 60.7 Å². The fourth-order valence-electron chi connectivity index (χ4n) is 2.70. The second-order valence-corrected chi connectivity index (χ2v) is 6.32. The summed E-state index contributed by atoms with van der Waals surface area (Å²) in [5.41, 5.74) is 1.68. The Morgan fingerprint density at radius 3 is 2.58 bits per heavy atom. The third kappa shape index (κ3) is 3.29. The topological polar surface area (TPSA) is 26.3 Å². The lowest BCUT2D eigenvalue weighted by Gasteiger charge is -2.12. The molecule has 0 bridgehead atoms. The number of rotatable bonds is 4. The van der Waals surface area contributed by atoms with Crippen LogP contribution in [-0.2, 0) is 0 Å². The molecule has 0 saturated heterocycles. The molecule has 0 aliphatic heterocycles. The van der Waals surface area contributed by atoms with Gasteiger partial charge in [0, 0.05) is 0 Å². The number of esters is 1. The van der Waals surface area contributed by atoms with Crippen LogP contribution in [0.5, 0.6) is 5.75 Å². The summed E-state index contributed by atoms with van der Waals surface area (Å²) in [4.78, 5) is 12.6. The first-order chi connectivity index (χ1) is 11.6. The number of fused-ring (bicyclic) bond motifs is 1. The predicted octanol–water partition coefficient (Wildman–Crippen LogP) is 6.23. The van der Waals surface area contributed by atoms with E-state index in [9.17, 15) is 4.79 Å². The summed E-state index contributed by atoms with van der Waals surface area (Å²) in [7, 11) is 0. The maximum Gasteiger partial charge on any atom is 0.344 e. The maximum atomic E-state index is 12.6. The standard InChI is InChI=1S/C21H19ClO2/c1-3-14(2)16-11-12-20(19(22)13-16)24-21(23)18-10-6-8-15-7-4-5-9-17(15)18/h4-14H,3H2,1-2H3. The molecular weight excluding hydrogens is 320 g/mol. The minimum absolute atomic E-state index is 0.390. The van der Waals surface area contributed by atoms with E-state index in [-0.39, 0.29) is 0 Å². The lowest BCUT2D eigenvalue weighted by Crippen LogP contribution is -2.09. The van der Waals surface area contributed by atoms with Crippen molar-refractivity contribution in [2.45, 2.75) is 26.2 Å². The molecule has 3 heteroatoms. The molecular formula is C21H19ClO2. The largest absolute Gasteiger partial charge is 0.421 e. The second kappa shape index (κ2) is 7.06. The third-order valence-electron chi connectivity index (χ3n) is 4.35. The molecule has 0 spiro atoms. The minimum atomic E-state index is -0.398. The van der Waals surface area contributed by atoms with Crippen molar-refractivity contribution in [2.24, 2.45) is 0 Å². The van der Waals surface area contributed by atoms with Crippen molar-refractivity contribution < 1.29 is 9.53 Å². The van der Waals surface area contributed by atoms with Gasteiger partial charge in [-0.2, -0.15) is 0 Å². The first kappa shape index (κ1) is 16.5. The van der Waals surface area contributed by atoms with Gasteiger partial charge in [0.25, 0.3) is 0 Å². The van der Waals surface area contributed by atoms with E-state index >= 15 is 0 Å². The Labute approximate surface area is 147 Å². The molecule has 1 atom stereocenters. The molecule has 1 unspecified atom stereocenters. The minimum Gasteiger partial charge on any atom is -0.421 e. The number of carbonyl (C=O) groups is 1. The molecule has 0 fully saturated rings. The van der Waals surface area contributed by atoms with E-state index in [0.717, 1.165) is 22.8 Å². The molecule has 3 rings (SSSR count). The average molecular weight is 339 g/mol. The van der Waals surface area contributed by atoms with E-state index in [1.165, 1.54) is 0 Å². The normalized spacial score (nSPS) is 12.1. The van der Waals surface area contributed by atoms with E-state index < -0.39 is 5.97 Å². The summed E-state index contributed by atoms with van der Waals surface area (Å²) >= 11 is 6.30. The molecule has 0 aliphatic rings. The van der Waals surface area contributed by atoms with Crippen LogP contribution >= 0.6 is 11.6 Å². The lowest BCUT2D eigenvalue weighted by atomic mass is 9.99. The summed E-state index contributed by atoms with van der Waals surface area (Å²) in [6.07, 6.45) is 1.03. The maximum absolute atomic E-state index is 12.6. The Morgan fingerprint density at radius 2 is 1.83 bits per heavy atom. The highest BCUT2D eigenvalue weighted by Crippen LogP contribution is 2.30. The van der Waals surface area contributed by atoms with Gasteiger partial charge in [0.1, 0.15) is 5.75 Å². The van der Waals surface area contributed by atoms with Crippen molar-refractivity contribution in [1.29, 1.82) is 0 Å². The number of hydrogen-bond donors (Lipinski definition) is 0. The molecule has 0 saturated carbocycles. The van der Waals surface area contributed by atoms with Crippen LogP contribution in [0.2, 0.25) is 5.02 Å². The highest BCUT2D eigenvalue weighted by Gasteiger charge is 2.15. The van der Waals surface area contributed by atoms with Gasteiger partial charge in [0.2, 0.25) is 0 Å². The lowest BCUT2D eigenvalue weighted by molar-refractivity contribution is 0.0737. The van der Waals surface area contributed by atoms with Crippen LogP contribution in [0, 0.1) is 0 Å². The van der Waals surface area contributed by atoms with Gasteiger partial charge >= 0.3 is 5.97 Å².